The highest BCUT2D eigenvalue weighted by Gasteiger charge is 2.06. The number of ether oxygens (including phenoxy) is 1. The number of aromatic nitrogens is 3. The van der Waals surface area contributed by atoms with Gasteiger partial charge in [0, 0.05) is 27.3 Å². The van der Waals surface area contributed by atoms with E-state index in [4.69, 9.17) is 9.73 Å². The van der Waals surface area contributed by atoms with Gasteiger partial charge in [-0.25, -0.2) is 4.99 Å². The predicted octanol–water partition coefficient (Wildman–Crippen LogP) is 2.01. The maximum atomic E-state index is 5.11. The molecular formula is C19H30N6O. The van der Waals surface area contributed by atoms with Crippen LogP contribution in [-0.4, -0.2) is 41.0 Å². The number of rotatable bonds is 8. The van der Waals surface area contributed by atoms with Gasteiger partial charge in [0.25, 0.3) is 0 Å². The molecule has 142 valence electrons. The Morgan fingerprint density at radius 3 is 2.65 bits per heavy atom. The van der Waals surface area contributed by atoms with Crippen LogP contribution >= 0.6 is 0 Å². The standard InChI is InChI=1S/C19H30N6O/c1-14-7-8-17(15(2)11-14)12-21-19(20-9-6-10-26-5)22-13-18-24-23-16(3)25(18)4/h7-8,11H,6,9-10,12-13H2,1-5H3,(H2,20,21,22). The van der Waals surface area contributed by atoms with Crippen LogP contribution in [-0.2, 0) is 24.9 Å². The van der Waals surface area contributed by atoms with E-state index in [0.717, 1.165) is 37.2 Å². The van der Waals surface area contributed by atoms with Crippen LogP contribution in [0.25, 0.3) is 0 Å². The van der Waals surface area contributed by atoms with Gasteiger partial charge in [0.15, 0.2) is 11.8 Å². The Morgan fingerprint density at radius 1 is 1.19 bits per heavy atom. The maximum Gasteiger partial charge on any atom is 0.191 e. The first-order chi connectivity index (χ1) is 12.5. The average molecular weight is 358 g/mol. The van der Waals surface area contributed by atoms with Crippen LogP contribution in [0.1, 0.15) is 34.8 Å². The van der Waals surface area contributed by atoms with E-state index in [1.807, 2.05) is 18.5 Å². The highest BCUT2D eigenvalue weighted by Crippen LogP contribution is 2.11. The Hall–Kier alpha value is -2.41. The molecule has 2 N–H and O–H groups in total. The molecule has 0 aliphatic carbocycles. The molecule has 1 aromatic heterocycles. The zero-order valence-electron chi connectivity index (χ0n) is 16.5. The third kappa shape index (κ3) is 5.84. The summed E-state index contributed by atoms with van der Waals surface area (Å²) in [5, 5.41) is 15.0. The topological polar surface area (TPSA) is 76.4 Å². The lowest BCUT2D eigenvalue weighted by molar-refractivity contribution is 0.195. The summed E-state index contributed by atoms with van der Waals surface area (Å²) in [5.41, 5.74) is 3.75. The van der Waals surface area contributed by atoms with E-state index in [1.165, 1.54) is 16.7 Å². The number of hydrogen-bond acceptors (Lipinski definition) is 4. The number of nitrogens with one attached hydrogen (secondary N) is 2. The number of benzene rings is 1. The second kappa shape index (κ2) is 9.91. The van der Waals surface area contributed by atoms with E-state index < -0.39 is 0 Å². The molecule has 0 unspecified atom stereocenters. The maximum absolute atomic E-state index is 5.11. The van der Waals surface area contributed by atoms with Gasteiger partial charge in [0.2, 0.25) is 0 Å². The summed E-state index contributed by atoms with van der Waals surface area (Å²) in [6.45, 7) is 8.88. The molecule has 0 atom stereocenters. The number of nitrogens with zero attached hydrogens (tertiary/aromatic N) is 4. The number of aryl methyl sites for hydroxylation is 3. The fourth-order valence-electron chi connectivity index (χ4n) is 2.55. The van der Waals surface area contributed by atoms with Gasteiger partial charge in [-0.1, -0.05) is 23.8 Å². The van der Waals surface area contributed by atoms with Crippen molar-refractivity contribution in [1.29, 1.82) is 0 Å². The van der Waals surface area contributed by atoms with Gasteiger partial charge in [-0.2, -0.15) is 0 Å². The average Bonchev–Trinajstić information content (AvgIpc) is 2.93. The van der Waals surface area contributed by atoms with Crippen molar-refractivity contribution < 1.29 is 4.74 Å². The summed E-state index contributed by atoms with van der Waals surface area (Å²) in [4.78, 5) is 4.73. The fourth-order valence-corrected chi connectivity index (χ4v) is 2.55. The van der Waals surface area contributed by atoms with Crippen molar-refractivity contribution in [3.05, 3.63) is 46.5 Å². The van der Waals surface area contributed by atoms with E-state index in [0.29, 0.717) is 13.1 Å². The molecule has 0 radical (unpaired) electrons. The van der Waals surface area contributed by atoms with Crippen LogP contribution in [0.5, 0.6) is 0 Å². The minimum Gasteiger partial charge on any atom is -0.385 e. The Balaban J connectivity index is 2.02. The van der Waals surface area contributed by atoms with Gasteiger partial charge >= 0.3 is 0 Å². The smallest absolute Gasteiger partial charge is 0.191 e. The van der Waals surface area contributed by atoms with Gasteiger partial charge in [0.1, 0.15) is 5.82 Å². The third-order valence-electron chi connectivity index (χ3n) is 4.32. The molecule has 1 heterocycles. The number of hydrogen-bond donors (Lipinski definition) is 2. The normalized spacial score (nSPS) is 11.7. The van der Waals surface area contributed by atoms with E-state index in [1.54, 1.807) is 7.11 Å². The van der Waals surface area contributed by atoms with Crippen molar-refractivity contribution in [2.45, 2.75) is 40.3 Å². The highest BCUT2D eigenvalue weighted by atomic mass is 16.5. The number of methoxy groups -OCH3 is 1. The zero-order valence-corrected chi connectivity index (χ0v) is 16.5. The van der Waals surface area contributed by atoms with Crippen LogP contribution in [0.2, 0.25) is 0 Å². The van der Waals surface area contributed by atoms with Gasteiger partial charge in [-0.05, 0) is 38.3 Å². The molecule has 0 fully saturated rings. The van der Waals surface area contributed by atoms with Gasteiger partial charge in [0.05, 0.1) is 13.1 Å². The molecule has 0 aliphatic heterocycles. The molecule has 0 saturated carbocycles. The largest absolute Gasteiger partial charge is 0.385 e. The molecule has 7 heteroatoms. The van der Waals surface area contributed by atoms with Crippen LogP contribution in [0.3, 0.4) is 0 Å². The SMILES string of the molecule is COCCCNC(=NCc1ccc(C)cc1C)NCc1nnc(C)n1C. The number of guanidine groups is 1. The molecule has 2 rings (SSSR count). The summed E-state index contributed by atoms with van der Waals surface area (Å²) in [6, 6.07) is 6.45. The van der Waals surface area contributed by atoms with Crippen molar-refractivity contribution in [2.24, 2.45) is 12.0 Å². The molecule has 1 aromatic carbocycles. The summed E-state index contributed by atoms with van der Waals surface area (Å²) >= 11 is 0. The summed E-state index contributed by atoms with van der Waals surface area (Å²) in [5.74, 6) is 2.53. The van der Waals surface area contributed by atoms with Crippen molar-refractivity contribution in [3.8, 4) is 0 Å². The second-order valence-corrected chi connectivity index (χ2v) is 6.44. The molecule has 7 nitrogen and oxygen atoms in total. The van der Waals surface area contributed by atoms with E-state index in [-0.39, 0.29) is 0 Å². The molecule has 0 amide bonds. The van der Waals surface area contributed by atoms with Gasteiger partial charge in [-0.15, -0.1) is 10.2 Å². The first kappa shape index (κ1) is 19.9. The van der Waals surface area contributed by atoms with Crippen LogP contribution in [0.15, 0.2) is 23.2 Å². The Labute approximate surface area is 155 Å². The lowest BCUT2D eigenvalue weighted by atomic mass is 10.1. The van der Waals surface area contributed by atoms with Crippen LogP contribution in [0, 0.1) is 20.8 Å². The lowest BCUT2D eigenvalue weighted by Gasteiger charge is -2.13. The van der Waals surface area contributed by atoms with Crippen LogP contribution in [0.4, 0.5) is 0 Å². The predicted molar refractivity (Wildman–Crippen MR) is 104 cm³/mol. The van der Waals surface area contributed by atoms with E-state index in [2.05, 4.69) is 52.9 Å². The minimum absolute atomic E-state index is 0.570. The Bertz CT molecular complexity index is 738. The minimum atomic E-state index is 0.570. The quantitative estimate of drug-likeness (QED) is 0.429. The van der Waals surface area contributed by atoms with Gasteiger partial charge < -0.3 is 19.9 Å². The van der Waals surface area contributed by atoms with E-state index >= 15 is 0 Å². The molecule has 2 aromatic rings. The van der Waals surface area contributed by atoms with Crippen molar-refractivity contribution in [3.63, 3.8) is 0 Å². The summed E-state index contributed by atoms with van der Waals surface area (Å²) in [7, 11) is 3.68. The van der Waals surface area contributed by atoms with Gasteiger partial charge in [-0.3, -0.25) is 0 Å². The molecule has 0 saturated heterocycles. The molecule has 26 heavy (non-hydrogen) atoms. The molecular weight excluding hydrogens is 328 g/mol. The van der Waals surface area contributed by atoms with Crippen molar-refractivity contribution in [1.82, 2.24) is 25.4 Å². The summed E-state index contributed by atoms with van der Waals surface area (Å²) < 4.78 is 7.08. The van der Waals surface area contributed by atoms with Crippen LogP contribution < -0.4 is 10.6 Å². The third-order valence-corrected chi connectivity index (χ3v) is 4.32. The highest BCUT2D eigenvalue weighted by molar-refractivity contribution is 5.79. The van der Waals surface area contributed by atoms with Crippen molar-refractivity contribution >= 4 is 5.96 Å². The Kier molecular flexibility index (Phi) is 7.59. The molecule has 0 bridgehead atoms. The Morgan fingerprint density at radius 2 is 2.00 bits per heavy atom. The zero-order chi connectivity index (χ0) is 18.9. The fraction of sp³-hybridized carbons (Fsp3) is 0.526. The number of aliphatic imine (C=N–C) groups is 1. The molecule has 0 aliphatic rings. The monoisotopic (exact) mass is 358 g/mol. The second-order valence-electron chi connectivity index (χ2n) is 6.44. The first-order valence-corrected chi connectivity index (χ1v) is 8.93. The summed E-state index contributed by atoms with van der Waals surface area (Å²) in [6.07, 6.45) is 0.920. The first-order valence-electron chi connectivity index (χ1n) is 8.93. The molecule has 0 spiro atoms. The van der Waals surface area contributed by atoms with E-state index in [9.17, 15) is 0 Å². The lowest BCUT2D eigenvalue weighted by Crippen LogP contribution is -2.38. The van der Waals surface area contributed by atoms with Crippen molar-refractivity contribution in [2.75, 3.05) is 20.3 Å².